The van der Waals surface area contributed by atoms with Gasteiger partial charge in [0.1, 0.15) is 0 Å². The van der Waals surface area contributed by atoms with Crippen LogP contribution in [0.1, 0.15) is 5.56 Å². The minimum absolute atomic E-state index is 0.0364. The number of hydrogen-bond acceptors (Lipinski definition) is 3. The lowest BCUT2D eigenvalue weighted by Gasteiger charge is -2.08. The van der Waals surface area contributed by atoms with Crippen LogP contribution in [0.15, 0.2) is 15.7 Å². The zero-order valence-electron chi connectivity index (χ0n) is 8.71. The lowest BCUT2D eigenvalue weighted by molar-refractivity contribution is -0.136. The molecule has 0 saturated carbocycles. The van der Waals surface area contributed by atoms with Gasteiger partial charge in [0, 0.05) is 5.56 Å². The van der Waals surface area contributed by atoms with Crippen LogP contribution in [0.3, 0.4) is 0 Å². The maximum Gasteiger partial charge on any atom is 0.314 e. The Hall–Kier alpha value is -1.79. The third-order valence-electron chi connectivity index (χ3n) is 2.34. The van der Waals surface area contributed by atoms with Gasteiger partial charge in [-0.25, -0.2) is 0 Å². The van der Waals surface area contributed by atoms with E-state index in [1.807, 2.05) is 0 Å². The molecule has 0 aliphatic heterocycles. The van der Waals surface area contributed by atoms with Gasteiger partial charge in [-0.2, -0.15) is 0 Å². The van der Waals surface area contributed by atoms with Crippen molar-refractivity contribution in [2.45, 2.75) is 6.42 Å². The number of carbonyl (C=O) groups is 1. The van der Waals surface area contributed by atoms with E-state index in [2.05, 4.69) is 9.97 Å². The highest BCUT2D eigenvalue weighted by atomic mass is 35.5. The van der Waals surface area contributed by atoms with E-state index in [-0.39, 0.29) is 26.6 Å². The van der Waals surface area contributed by atoms with Crippen LogP contribution < -0.4 is 11.1 Å². The molecule has 94 valence electrons. The second-order valence-corrected chi connectivity index (χ2v) is 4.34. The van der Waals surface area contributed by atoms with E-state index in [4.69, 9.17) is 28.3 Å². The van der Waals surface area contributed by atoms with Crippen LogP contribution in [0.4, 0.5) is 0 Å². The number of fused-ring (bicyclic) bond motifs is 1. The van der Waals surface area contributed by atoms with Crippen molar-refractivity contribution in [2.24, 2.45) is 0 Å². The van der Waals surface area contributed by atoms with E-state index in [1.54, 1.807) is 0 Å². The van der Waals surface area contributed by atoms with Crippen LogP contribution in [0.2, 0.25) is 10.0 Å². The Morgan fingerprint density at radius 1 is 1.22 bits per heavy atom. The minimum Gasteiger partial charge on any atom is -0.481 e. The van der Waals surface area contributed by atoms with E-state index in [0.29, 0.717) is 0 Å². The lowest BCUT2D eigenvalue weighted by Crippen LogP contribution is -2.29. The van der Waals surface area contributed by atoms with Gasteiger partial charge in [0.25, 0.3) is 0 Å². The molecule has 0 amide bonds. The second kappa shape index (κ2) is 4.47. The van der Waals surface area contributed by atoms with E-state index in [9.17, 15) is 14.4 Å². The molecule has 18 heavy (non-hydrogen) atoms. The number of carboxylic acids is 1. The molecule has 2 rings (SSSR count). The Bertz CT molecular complexity index is 763. The number of halogens is 2. The Morgan fingerprint density at radius 3 is 2.44 bits per heavy atom. The van der Waals surface area contributed by atoms with Gasteiger partial charge in [-0.1, -0.05) is 23.2 Å². The number of aromatic amines is 2. The van der Waals surface area contributed by atoms with Crippen molar-refractivity contribution in [3.05, 3.63) is 42.4 Å². The van der Waals surface area contributed by atoms with Gasteiger partial charge in [-0.3, -0.25) is 14.4 Å². The summed E-state index contributed by atoms with van der Waals surface area (Å²) in [6, 6.07) is 1.35. The number of aliphatic carboxylic acids is 1. The summed E-state index contributed by atoms with van der Waals surface area (Å²) >= 11 is 11.7. The molecule has 6 nitrogen and oxygen atoms in total. The molecule has 0 unspecified atom stereocenters. The molecule has 0 saturated heterocycles. The number of carboxylic acid groups (broad SMARTS) is 1. The third-order valence-corrected chi connectivity index (χ3v) is 3.16. The highest BCUT2D eigenvalue weighted by molar-refractivity contribution is 6.43. The molecular formula is C10H6Cl2N2O4. The molecule has 1 heterocycles. The Morgan fingerprint density at radius 2 is 1.83 bits per heavy atom. The predicted octanol–water partition coefficient (Wildman–Crippen LogP) is 1.15. The number of benzene rings is 1. The molecular weight excluding hydrogens is 283 g/mol. The fraction of sp³-hybridized carbons (Fsp3) is 0.100. The van der Waals surface area contributed by atoms with Crippen molar-refractivity contribution in [1.82, 2.24) is 9.97 Å². The predicted molar refractivity (Wildman–Crippen MR) is 66.5 cm³/mol. The number of hydrogen-bond donors (Lipinski definition) is 3. The van der Waals surface area contributed by atoms with Gasteiger partial charge in [0.15, 0.2) is 0 Å². The molecule has 0 aliphatic rings. The summed E-state index contributed by atoms with van der Waals surface area (Å²) in [5.41, 5.74) is -1.18. The van der Waals surface area contributed by atoms with Crippen molar-refractivity contribution in [3.63, 3.8) is 0 Å². The van der Waals surface area contributed by atoms with Crippen molar-refractivity contribution < 1.29 is 9.90 Å². The SMILES string of the molecule is O=C(O)Cc1c(Cl)c(Cl)cc2[nH]c(=O)c(=O)[nH]c12. The summed E-state index contributed by atoms with van der Waals surface area (Å²) in [7, 11) is 0. The topological polar surface area (TPSA) is 103 Å². The molecule has 8 heteroatoms. The standard InChI is InChI=1S/C10H6Cl2N2O4/c11-4-2-5-8(14-10(18)9(17)13-5)3(7(4)12)1-6(15)16/h2H,1H2,(H,13,17)(H,14,18)(H,15,16). The van der Waals surface area contributed by atoms with Crippen LogP contribution in [0, 0.1) is 0 Å². The molecule has 3 N–H and O–H groups in total. The molecule has 0 atom stereocenters. The summed E-state index contributed by atoms with van der Waals surface area (Å²) in [6.07, 6.45) is -0.419. The summed E-state index contributed by atoms with van der Waals surface area (Å²) in [6.45, 7) is 0. The Balaban J connectivity index is 2.92. The maximum absolute atomic E-state index is 11.2. The normalized spacial score (nSPS) is 10.8. The van der Waals surface area contributed by atoms with E-state index in [0.717, 1.165) is 0 Å². The fourth-order valence-corrected chi connectivity index (χ4v) is 2.03. The number of aromatic nitrogens is 2. The molecule has 0 spiro atoms. The number of nitrogens with one attached hydrogen (secondary N) is 2. The van der Waals surface area contributed by atoms with E-state index < -0.39 is 23.5 Å². The van der Waals surface area contributed by atoms with E-state index >= 15 is 0 Å². The van der Waals surface area contributed by atoms with Crippen LogP contribution in [0.5, 0.6) is 0 Å². The van der Waals surface area contributed by atoms with Gasteiger partial charge in [0.2, 0.25) is 0 Å². The third kappa shape index (κ3) is 2.12. The summed E-state index contributed by atoms with van der Waals surface area (Å²) in [5.74, 6) is -1.13. The van der Waals surface area contributed by atoms with Crippen molar-refractivity contribution in [2.75, 3.05) is 0 Å². The molecule has 0 fully saturated rings. The molecule has 2 aromatic rings. The first-order chi connectivity index (χ1) is 8.40. The summed E-state index contributed by atoms with van der Waals surface area (Å²) < 4.78 is 0. The number of H-pyrrole nitrogens is 2. The Labute approximate surface area is 109 Å². The van der Waals surface area contributed by atoms with E-state index in [1.165, 1.54) is 6.07 Å². The minimum atomic E-state index is -1.13. The first-order valence-electron chi connectivity index (χ1n) is 4.75. The fourth-order valence-electron chi connectivity index (χ4n) is 1.59. The maximum atomic E-state index is 11.2. The molecule has 0 radical (unpaired) electrons. The largest absolute Gasteiger partial charge is 0.481 e. The van der Waals surface area contributed by atoms with Gasteiger partial charge in [0.05, 0.1) is 27.5 Å². The van der Waals surface area contributed by atoms with Crippen molar-refractivity contribution in [3.8, 4) is 0 Å². The average Bonchev–Trinajstić information content (AvgIpc) is 2.28. The Kier molecular flexibility index (Phi) is 3.14. The lowest BCUT2D eigenvalue weighted by atomic mass is 10.1. The average molecular weight is 289 g/mol. The zero-order valence-corrected chi connectivity index (χ0v) is 10.2. The molecule has 1 aromatic heterocycles. The van der Waals surface area contributed by atoms with Gasteiger partial charge in [-0.05, 0) is 6.07 Å². The molecule has 0 aliphatic carbocycles. The van der Waals surface area contributed by atoms with Crippen molar-refractivity contribution >= 4 is 40.2 Å². The first-order valence-corrected chi connectivity index (χ1v) is 5.50. The van der Waals surface area contributed by atoms with Crippen LogP contribution in [-0.4, -0.2) is 21.0 Å². The van der Waals surface area contributed by atoms with Crippen molar-refractivity contribution in [1.29, 1.82) is 0 Å². The van der Waals surface area contributed by atoms with Gasteiger partial charge < -0.3 is 15.1 Å². The molecule has 0 bridgehead atoms. The molecule has 1 aromatic carbocycles. The second-order valence-electron chi connectivity index (χ2n) is 3.55. The zero-order chi connectivity index (χ0) is 13.4. The highest BCUT2D eigenvalue weighted by Gasteiger charge is 2.15. The summed E-state index contributed by atoms with van der Waals surface area (Å²) in [5, 5.41) is 8.94. The van der Waals surface area contributed by atoms with Crippen LogP contribution in [0.25, 0.3) is 11.0 Å². The van der Waals surface area contributed by atoms with Crippen LogP contribution in [-0.2, 0) is 11.2 Å². The van der Waals surface area contributed by atoms with Gasteiger partial charge in [-0.15, -0.1) is 0 Å². The van der Waals surface area contributed by atoms with Gasteiger partial charge >= 0.3 is 17.1 Å². The smallest absolute Gasteiger partial charge is 0.314 e. The quantitative estimate of drug-likeness (QED) is 0.721. The number of rotatable bonds is 2. The first kappa shape index (κ1) is 12.7. The van der Waals surface area contributed by atoms with Crippen LogP contribution >= 0.6 is 23.2 Å². The highest BCUT2D eigenvalue weighted by Crippen LogP contribution is 2.31. The summed E-state index contributed by atoms with van der Waals surface area (Å²) in [4.78, 5) is 37.8. The monoisotopic (exact) mass is 288 g/mol.